The molecule has 2 aromatic rings. The van der Waals surface area contributed by atoms with Crippen molar-refractivity contribution in [2.24, 2.45) is 0 Å². The molecule has 0 saturated heterocycles. The van der Waals surface area contributed by atoms with Gasteiger partial charge in [0.25, 0.3) is 0 Å². The second-order valence-corrected chi connectivity index (χ2v) is 5.20. The predicted octanol–water partition coefficient (Wildman–Crippen LogP) is 4.79. The highest BCUT2D eigenvalue weighted by atomic mass is 79.9. The fourth-order valence-electron chi connectivity index (χ4n) is 1.30. The third-order valence-electron chi connectivity index (χ3n) is 2.11. The van der Waals surface area contributed by atoms with E-state index in [1.165, 1.54) is 0 Å². The maximum absolute atomic E-state index is 5.67. The Kier molecular flexibility index (Phi) is 4.02. The van der Waals surface area contributed by atoms with E-state index in [1.54, 1.807) is 0 Å². The zero-order valence-electron chi connectivity index (χ0n) is 8.49. The molecule has 1 nitrogen and oxygen atoms in total. The second-order valence-electron chi connectivity index (χ2n) is 3.37. The fourth-order valence-corrected chi connectivity index (χ4v) is 1.95. The van der Waals surface area contributed by atoms with Crippen LogP contribution in [0.15, 0.2) is 57.5 Å². The first-order chi connectivity index (χ1) is 7.74. The van der Waals surface area contributed by atoms with E-state index >= 15 is 0 Å². The van der Waals surface area contributed by atoms with Crippen LogP contribution in [0.5, 0.6) is 5.75 Å². The van der Waals surface area contributed by atoms with Crippen molar-refractivity contribution < 1.29 is 4.74 Å². The Hall–Kier alpha value is -0.800. The molecule has 0 atom stereocenters. The van der Waals surface area contributed by atoms with Gasteiger partial charge in [-0.1, -0.05) is 50.1 Å². The van der Waals surface area contributed by atoms with Crippen LogP contribution in [0.3, 0.4) is 0 Å². The molecule has 0 radical (unpaired) electrons. The van der Waals surface area contributed by atoms with Gasteiger partial charge in [0.2, 0.25) is 0 Å². The van der Waals surface area contributed by atoms with Crippen LogP contribution in [0, 0.1) is 0 Å². The van der Waals surface area contributed by atoms with Crippen LogP contribution in [-0.4, -0.2) is 0 Å². The van der Waals surface area contributed by atoms with Crippen molar-refractivity contribution in [1.82, 2.24) is 0 Å². The lowest BCUT2D eigenvalue weighted by Gasteiger charge is -2.06. The van der Waals surface area contributed by atoms with E-state index in [2.05, 4.69) is 31.9 Å². The lowest BCUT2D eigenvalue weighted by Crippen LogP contribution is -1.94. The summed E-state index contributed by atoms with van der Waals surface area (Å²) in [5, 5.41) is 0. The summed E-state index contributed by atoms with van der Waals surface area (Å²) >= 11 is 6.82. The maximum Gasteiger partial charge on any atom is 0.120 e. The normalized spacial score (nSPS) is 10.1. The average molecular weight is 342 g/mol. The minimum atomic E-state index is 0.587. The molecule has 3 heteroatoms. The first kappa shape index (κ1) is 11.7. The van der Waals surface area contributed by atoms with Crippen LogP contribution in [-0.2, 0) is 6.61 Å². The average Bonchev–Trinajstić information content (AvgIpc) is 2.28. The van der Waals surface area contributed by atoms with Gasteiger partial charge >= 0.3 is 0 Å². The summed E-state index contributed by atoms with van der Waals surface area (Å²) in [6.07, 6.45) is 0. The molecular formula is C13H10Br2O. The zero-order chi connectivity index (χ0) is 11.4. The Bertz CT molecular complexity index is 466. The summed E-state index contributed by atoms with van der Waals surface area (Å²) in [5.74, 6) is 0.872. The Labute approximate surface area is 112 Å². The lowest BCUT2D eigenvalue weighted by molar-refractivity contribution is 0.306. The van der Waals surface area contributed by atoms with Gasteiger partial charge in [-0.3, -0.25) is 0 Å². The molecule has 0 aromatic heterocycles. The molecule has 0 N–H and O–H groups in total. The number of rotatable bonds is 3. The molecular weight excluding hydrogens is 332 g/mol. The van der Waals surface area contributed by atoms with Crippen molar-refractivity contribution in [2.45, 2.75) is 6.61 Å². The number of ether oxygens (including phenoxy) is 1. The SMILES string of the molecule is Brc1ccc(COc2cccc(Br)c2)cc1. The van der Waals surface area contributed by atoms with Crippen molar-refractivity contribution in [1.29, 1.82) is 0 Å². The topological polar surface area (TPSA) is 9.23 Å². The molecule has 0 amide bonds. The molecule has 0 saturated carbocycles. The number of hydrogen-bond donors (Lipinski definition) is 0. The first-order valence-electron chi connectivity index (χ1n) is 4.87. The highest BCUT2D eigenvalue weighted by Crippen LogP contribution is 2.19. The van der Waals surface area contributed by atoms with E-state index < -0.39 is 0 Å². The lowest BCUT2D eigenvalue weighted by atomic mass is 10.2. The van der Waals surface area contributed by atoms with Gasteiger partial charge in [0.05, 0.1) is 0 Å². The molecule has 0 unspecified atom stereocenters. The number of hydrogen-bond acceptors (Lipinski definition) is 1. The van der Waals surface area contributed by atoms with Crippen molar-refractivity contribution in [2.75, 3.05) is 0 Å². The molecule has 0 bridgehead atoms. The zero-order valence-corrected chi connectivity index (χ0v) is 11.7. The fraction of sp³-hybridized carbons (Fsp3) is 0.0769. The van der Waals surface area contributed by atoms with Gasteiger partial charge in [-0.2, -0.15) is 0 Å². The second kappa shape index (κ2) is 5.51. The van der Waals surface area contributed by atoms with Gasteiger partial charge in [0.1, 0.15) is 12.4 Å². The van der Waals surface area contributed by atoms with Crippen LogP contribution >= 0.6 is 31.9 Å². The molecule has 0 heterocycles. The number of halogens is 2. The third-order valence-corrected chi connectivity index (χ3v) is 3.14. The van der Waals surface area contributed by atoms with Crippen LogP contribution in [0.1, 0.15) is 5.56 Å². The van der Waals surface area contributed by atoms with E-state index in [1.807, 2.05) is 48.5 Å². The molecule has 2 aromatic carbocycles. The number of benzene rings is 2. The Morgan fingerprint density at radius 3 is 2.31 bits per heavy atom. The molecule has 2 rings (SSSR count). The minimum absolute atomic E-state index is 0.587. The van der Waals surface area contributed by atoms with Crippen LogP contribution in [0.4, 0.5) is 0 Å². The molecule has 0 aliphatic carbocycles. The summed E-state index contributed by atoms with van der Waals surface area (Å²) in [6.45, 7) is 0.587. The summed E-state index contributed by atoms with van der Waals surface area (Å²) in [4.78, 5) is 0. The van der Waals surface area contributed by atoms with Gasteiger partial charge in [-0.15, -0.1) is 0 Å². The van der Waals surface area contributed by atoms with Crippen molar-refractivity contribution in [3.8, 4) is 5.75 Å². The third kappa shape index (κ3) is 3.35. The van der Waals surface area contributed by atoms with Crippen LogP contribution < -0.4 is 4.74 Å². The highest BCUT2D eigenvalue weighted by molar-refractivity contribution is 9.10. The standard InChI is InChI=1S/C13H10Br2O/c14-11-6-4-10(5-7-11)9-16-13-3-1-2-12(15)8-13/h1-8H,9H2. The van der Waals surface area contributed by atoms with Gasteiger partial charge < -0.3 is 4.74 Å². The smallest absolute Gasteiger partial charge is 0.120 e. The summed E-state index contributed by atoms with van der Waals surface area (Å²) < 4.78 is 7.78. The van der Waals surface area contributed by atoms with Crippen molar-refractivity contribution >= 4 is 31.9 Å². The van der Waals surface area contributed by atoms with E-state index in [0.717, 1.165) is 20.3 Å². The Morgan fingerprint density at radius 1 is 0.875 bits per heavy atom. The van der Waals surface area contributed by atoms with Gasteiger partial charge in [-0.25, -0.2) is 0 Å². The quantitative estimate of drug-likeness (QED) is 0.779. The monoisotopic (exact) mass is 340 g/mol. The van der Waals surface area contributed by atoms with Gasteiger partial charge in [0.15, 0.2) is 0 Å². The predicted molar refractivity (Wildman–Crippen MR) is 72.6 cm³/mol. The molecule has 16 heavy (non-hydrogen) atoms. The van der Waals surface area contributed by atoms with E-state index in [0.29, 0.717) is 6.61 Å². The molecule has 0 spiro atoms. The van der Waals surface area contributed by atoms with Gasteiger partial charge in [0, 0.05) is 8.95 Å². The van der Waals surface area contributed by atoms with E-state index in [4.69, 9.17) is 4.74 Å². The molecule has 0 fully saturated rings. The summed E-state index contributed by atoms with van der Waals surface area (Å²) in [6, 6.07) is 16.0. The van der Waals surface area contributed by atoms with Crippen LogP contribution in [0.25, 0.3) is 0 Å². The molecule has 0 aliphatic heterocycles. The molecule has 0 aliphatic rings. The van der Waals surface area contributed by atoms with E-state index in [-0.39, 0.29) is 0 Å². The molecule has 82 valence electrons. The largest absolute Gasteiger partial charge is 0.489 e. The summed E-state index contributed by atoms with van der Waals surface area (Å²) in [7, 11) is 0. The minimum Gasteiger partial charge on any atom is -0.489 e. The van der Waals surface area contributed by atoms with E-state index in [9.17, 15) is 0 Å². The van der Waals surface area contributed by atoms with Crippen LogP contribution in [0.2, 0.25) is 0 Å². The Balaban J connectivity index is 1.99. The highest BCUT2D eigenvalue weighted by Gasteiger charge is 1.96. The van der Waals surface area contributed by atoms with Gasteiger partial charge in [-0.05, 0) is 35.9 Å². The summed E-state index contributed by atoms with van der Waals surface area (Å²) in [5.41, 5.74) is 1.16. The first-order valence-corrected chi connectivity index (χ1v) is 6.45. The van der Waals surface area contributed by atoms with Crippen molar-refractivity contribution in [3.63, 3.8) is 0 Å². The maximum atomic E-state index is 5.67. The van der Waals surface area contributed by atoms with Crippen molar-refractivity contribution in [3.05, 3.63) is 63.0 Å². The Morgan fingerprint density at radius 2 is 1.62 bits per heavy atom.